The molecule has 1 aromatic carbocycles. The lowest BCUT2D eigenvalue weighted by atomic mass is 9.79. The van der Waals surface area contributed by atoms with E-state index in [0.29, 0.717) is 12.5 Å². The van der Waals surface area contributed by atoms with E-state index < -0.39 is 0 Å². The molecule has 1 aliphatic rings. The minimum atomic E-state index is 0.0589. The molecule has 1 atom stereocenters. The van der Waals surface area contributed by atoms with E-state index >= 15 is 0 Å². The van der Waals surface area contributed by atoms with Crippen molar-refractivity contribution in [2.75, 3.05) is 5.32 Å². The zero-order valence-corrected chi connectivity index (χ0v) is 15.1. The van der Waals surface area contributed by atoms with Crippen molar-refractivity contribution in [1.82, 2.24) is 10.6 Å². The SMILES string of the molecule is CC(CC(=O)Nc1ccccc1)NC1CC(C)(C)NC(C)(C)C1. The van der Waals surface area contributed by atoms with Gasteiger partial charge >= 0.3 is 0 Å². The first-order valence-corrected chi connectivity index (χ1v) is 8.55. The van der Waals surface area contributed by atoms with Gasteiger partial charge in [-0.15, -0.1) is 0 Å². The van der Waals surface area contributed by atoms with Gasteiger partial charge in [-0.1, -0.05) is 18.2 Å². The Morgan fingerprint density at radius 3 is 2.30 bits per heavy atom. The Kier molecular flexibility index (Phi) is 5.48. The van der Waals surface area contributed by atoms with Crippen LogP contribution in [0, 0.1) is 0 Å². The predicted molar refractivity (Wildman–Crippen MR) is 96.6 cm³/mol. The van der Waals surface area contributed by atoms with E-state index in [1.807, 2.05) is 30.3 Å². The number of carbonyl (C=O) groups excluding carboxylic acids is 1. The van der Waals surface area contributed by atoms with Gasteiger partial charge in [0.2, 0.25) is 5.91 Å². The molecule has 1 fully saturated rings. The molecule has 3 N–H and O–H groups in total. The molecule has 4 nitrogen and oxygen atoms in total. The van der Waals surface area contributed by atoms with Crippen LogP contribution in [0.2, 0.25) is 0 Å². The summed E-state index contributed by atoms with van der Waals surface area (Å²) in [5, 5.41) is 10.3. The van der Waals surface area contributed by atoms with Crippen molar-refractivity contribution in [3.63, 3.8) is 0 Å². The van der Waals surface area contributed by atoms with Crippen molar-refractivity contribution in [2.24, 2.45) is 0 Å². The van der Waals surface area contributed by atoms with Crippen molar-refractivity contribution in [3.8, 4) is 0 Å². The number of hydrogen-bond donors (Lipinski definition) is 3. The number of carbonyl (C=O) groups is 1. The fourth-order valence-corrected chi connectivity index (χ4v) is 3.91. The summed E-state index contributed by atoms with van der Waals surface area (Å²) in [5.74, 6) is 0.0589. The number of piperidine rings is 1. The maximum Gasteiger partial charge on any atom is 0.225 e. The van der Waals surface area contributed by atoms with Gasteiger partial charge in [0.05, 0.1) is 0 Å². The van der Waals surface area contributed by atoms with E-state index in [2.05, 4.69) is 50.6 Å². The Morgan fingerprint density at radius 2 is 1.74 bits per heavy atom. The van der Waals surface area contributed by atoms with Gasteiger partial charge in [-0.05, 0) is 59.6 Å². The van der Waals surface area contributed by atoms with Crippen LogP contribution in [0.4, 0.5) is 5.69 Å². The van der Waals surface area contributed by atoms with Crippen LogP contribution in [0.3, 0.4) is 0 Å². The number of nitrogens with one attached hydrogen (secondary N) is 3. The summed E-state index contributed by atoms with van der Waals surface area (Å²) >= 11 is 0. The van der Waals surface area contributed by atoms with Gasteiger partial charge in [-0.3, -0.25) is 4.79 Å². The molecular formula is C19H31N3O. The number of rotatable bonds is 5. The van der Waals surface area contributed by atoms with Gasteiger partial charge in [0.25, 0.3) is 0 Å². The molecule has 2 rings (SSSR count). The van der Waals surface area contributed by atoms with Crippen LogP contribution in [-0.2, 0) is 4.79 Å². The minimum Gasteiger partial charge on any atom is -0.326 e. The molecule has 0 radical (unpaired) electrons. The Morgan fingerprint density at radius 1 is 1.17 bits per heavy atom. The van der Waals surface area contributed by atoms with E-state index in [0.717, 1.165) is 18.5 Å². The van der Waals surface area contributed by atoms with Crippen molar-refractivity contribution in [3.05, 3.63) is 30.3 Å². The van der Waals surface area contributed by atoms with Crippen LogP contribution in [0.15, 0.2) is 30.3 Å². The fraction of sp³-hybridized carbons (Fsp3) is 0.632. The van der Waals surface area contributed by atoms with Gasteiger partial charge in [-0.2, -0.15) is 0 Å². The molecule has 0 spiro atoms. The largest absolute Gasteiger partial charge is 0.326 e. The van der Waals surface area contributed by atoms with Gasteiger partial charge in [0, 0.05) is 35.3 Å². The molecule has 1 saturated heterocycles. The number of hydrogen-bond acceptors (Lipinski definition) is 3. The highest BCUT2D eigenvalue weighted by molar-refractivity contribution is 5.90. The Hall–Kier alpha value is -1.39. The summed E-state index contributed by atoms with van der Waals surface area (Å²) in [6, 6.07) is 10.2. The number of benzene rings is 1. The molecule has 1 heterocycles. The molecule has 1 unspecified atom stereocenters. The molecule has 4 heteroatoms. The van der Waals surface area contributed by atoms with E-state index in [4.69, 9.17) is 0 Å². The Labute approximate surface area is 140 Å². The summed E-state index contributed by atoms with van der Waals surface area (Å²) < 4.78 is 0. The van der Waals surface area contributed by atoms with Crippen LogP contribution < -0.4 is 16.0 Å². The number of amides is 1. The highest BCUT2D eigenvalue weighted by atomic mass is 16.1. The number of para-hydroxylation sites is 1. The van der Waals surface area contributed by atoms with Gasteiger partial charge < -0.3 is 16.0 Å². The van der Waals surface area contributed by atoms with Crippen molar-refractivity contribution < 1.29 is 4.79 Å². The standard InChI is InChI=1S/C19H31N3O/c1-14(11-17(23)21-15-9-7-6-8-10-15)20-16-12-18(2,3)22-19(4,5)13-16/h6-10,14,16,20,22H,11-13H2,1-5H3,(H,21,23). The Bertz CT molecular complexity index is 509. The first-order chi connectivity index (χ1) is 10.7. The van der Waals surface area contributed by atoms with Crippen LogP contribution in [0.5, 0.6) is 0 Å². The maximum absolute atomic E-state index is 12.2. The normalized spacial score (nSPS) is 21.6. The molecule has 128 valence electrons. The zero-order valence-electron chi connectivity index (χ0n) is 15.1. The minimum absolute atomic E-state index is 0.0589. The van der Waals surface area contributed by atoms with Gasteiger partial charge in [-0.25, -0.2) is 0 Å². The Balaban J connectivity index is 1.84. The summed E-state index contributed by atoms with van der Waals surface area (Å²) in [5.41, 5.74) is 1.09. The molecule has 0 bridgehead atoms. The summed E-state index contributed by atoms with van der Waals surface area (Å²) in [7, 11) is 0. The molecule has 1 aromatic rings. The third-order valence-electron chi connectivity index (χ3n) is 4.26. The molecule has 1 aliphatic heterocycles. The van der Waals surface area contributed by atoms with Crippen LogP contribution in [0.1, 0.15) is 53.9 Å². The van der Waals surface area contributed by atoms with Crippen molar-refractivity contribution in [2.45, 2.75) is 77.0 Å². The molecule has 0 aliphatic carbocycles. The van der Waals surface area contributed by atoms with E-state index in [9.17, 15) is 4.79 Å². The summed E-state index contributed by atoms with van der Waals surface area (Å²) in [4.78, 5) is 12.2. The zero-order chi connectivity index (χ0) is 17.1. The topological polar surface area (TPSA) is 53.2 Å². The van der Waals surface area contributed by atoms with Crippen molar-refractivity contribution >= 4 is 11.6 Å². The first-order valence-electron chi connectivity index (χ1n) is 8.55. The van der Waals surface area contributed by atoms with Crippen LogP contribution >= 0.6 is 0 Å². The summed E-state index contributed by atoms with van der Waals surface area (Å²) in [6.07, 6.45) is 2.63. The van der Waals surface area contributed by atoms with Crippen molar-refractivity contribution in [1.29, 1.82) is 0 Å². The second kappa shape index (κ2) is 7.02. The lowest BCUT2D eigenvalue weighted by Crippen LogP contribution is -2.62. The average Bonchev–Trinajstić information content (AvgIpc) is 2.35. The second-order valence-electron chi connectivity index (χ2n) is 8.18. The molecular weight excluding hydrogens is 286 g/mol. The third-order valence-corrected chi connectivity index (χ3v) is 4.26. The molecule has 0 aromatic heterocycles. The maximum atomic E-state index is 12.2. The molecule has 0 saturated carbocycles. The van der Waals surface area contributed by atoms with Crippen LogP contribution in [-0.4, -0.2) is 29.1 Å². The summed E-state index contributed by atoms with van der Waals surface area (Å²) in [6.45, 7) is 11.1. The lowest BCUT2D eigenvalue weighted by molar-refractivity contribution is -0.116. The molecule has 23 heavy (non-hydrogen) atoms. The first kappa shape index (κ1) is 18.0. The van der Waals surface area contributed by atoms with Crippen LogP contribution in [0.25, 0.3) is 0 Å². The quantitative estimate of drug-likeness (QED) is 0.781. The fourth-order valence-electron chi connectivity index (χ4n) is 3.91. The number of anilines is 1. The lowest BCUT2D eigenvalue weighted by Gasteiger charge is -2.47. The van der Waals surface area contributed by atoms with E-state index in [1.54, 1.807) is 0 Å². The molecule has 1 amide bonds. The van der Waals surface area contributed by atoms with Gasteiger partial charge in [0.15, 0.2) is 0 Å². The average molecular weight is 317 g/mol. The predicted octanol–water partition coefficient (Wildman–Crippen LogP) is 3.30. The van der Waals surface area contributed by atoms with E-state index in [-0.39, 0.29) is 23.0 Å². The monoisotopic (exact) mass is 317 g/mol. The highest BCUT2D eigenvalue weighted by Crippen LogP contribution is 2.28. The van der Waals surface area contributed by atoms with E-state index in [1.165, 1.54) is 0 Å². The third kappa shape index (κ3) is 5.96. The highest BCUT2D eigenvalue weighted by Gasteiger charge is 2.37. The smallest absolute Gasteiger partial charge is 0.225 e. The second-order valence-corrected chi connectivity index (χ2v) is 8.18. The van der Waals surface area contributed by atoms with Gasteiger partial charge in [0.1, 0.15) is 0 Å².